The van der Waals surface area contributed by atoms with Crippen LogP contribution in [0.15, 0.2) is 30.3 Å². The average Bonchev–Trinajstić information content (AvgIpc) is 2.24. The third-order valence-corrected chi connectivity index (χ3v) is 1.97. The molecule has 0 saturated carbocycles. The van der Waals surface area contributed by atoms with E-state index in [-0.39, 0.29) is 0 Å². The van der Waals surface area contributed by atoms with E-state index in [1.165, 1.54) is 0 Å². The lowest BCUT2D eigenvalue weighted by Crippen LogP contribution is -2.35. The Balaban J connectivity index is 2.66. The molecule has 4 nitrogen and oxygen atoms in total. The smallest absolute Gasteiger partial charge is 0.408 e. The van der Waals surface area contributed by atoms with Crippen LogP contribution in [0, 0.1) is 0 Å². The molecule has 0 unspecified atom stereocenters. The minimum atomic E-state index is -0.675. The Morgan fingerprint density at radius 3 is 2.35 bits per heavy atom. The molecule has 0 heterocycles. The number of amides is 1. The fourth-order valence-electron chi connectivity index (χ4n) is 1.29. The molecule has 1 N–H and O–H groups in total. The van der Waals surface area contributed by atoms with Crippen molar-refractivity contribution < 1.29 is 14.3 Å². The summed E-state index contributed by atoms with van der Waals surface area (Å²) in [7, 11) is 0. The first kappa shape index (κ1) is 13.2. The zero-order valence-corrected chi connectivity index (χ0v) is 10.3. The van der Waals surface area contributed by atoms with Crippen molar-refractivity contribution in [3.63, 3.8) is 0 Å². The van der Waals surface area contributed by atoms with Gasteiger partial charge in [0.25, 0.3) is 0 Å². The third kappa shape index (κ3) is 4.68. The van der Waals surface area contributed by atoms with Gasteiger partial charge in [-0.05, 0) is 26.3 Å². The first-order valence-corrected chi connectivity index (χ1v) is 5.42. The quantitative estimate of drug-likeness (QED) is 0.819. The van der Waals surface area contributed by atoms with Gasteiger partial charge in [0.05, 0.1) is 0 Å². The first-order valence-electron chi connectivity index (χ1n) is 5.42. The van der Waals surface area contributed by atoms with E-state index in [1.54, 1.807) is 32.9 Å². The van der Waals surface area contributed by atoms with Gasteiger partial charge >= 0.3 is 6.09 Å². The number of rotatable bonds is 3. The standard InChI is InChI=1S/C13H17NO3/c1-13(2,3)17-12(16)14-11(9-15)10-7-5-4-6-8-10/h4-9,11H,1-3H3,(H,14,16)/t11-/m1/s1. The third-order valence-electron chi connectivity index (χ3n) is 1.97. The van der Waals surface area contributed by atoms with Gasteiger partial charge < -0.3 is 14.8 Å². The predicted octanol–water partition coefficient (Wildman–Crippen LogP) is 2.45. The predicted molar refractivity (Wildman–Crippen MR) is 64.6 cm³/mol. The number of benzene rings is 1. The SMILES string of the molecule is CC(C)(C)OC(=O)N[C@H](C=O)c1ccccc1. The van der Waals surface area contributed by atoms with E-state index >= 15 is 0 Å². The van der Waals surface area contributed by atoms with Crippen molar-refractivity contribution in [2.24, 2.45) is 0 Å². The maximum Gasteiger partial charge on any atom is 0.408 e. The lowest BCUT2D eigenvalue weighted by Gasteiger charge is -2.21. The molecular formula is C13H17NO3. The van der Waals surface area contributed by atoms with Crippen LogP contribution < -0.4 is 5.32 Å². The summed E-state index contributed by atoms with van der Waals surface area (Å²) in [6, 6.07) is 8.34. The molecular weight excluding hydrogens is 218 g/mol. The summed E-state index contributed by atoms with van der Waals surface area (Å²) in [6.07, 6.45) is 0.0812. The molecule has 0 fully saturated rings. The summed E-state index contributed by atoms with van der Waals surface area (Å²) in [5.41, 5.74) is 0.155. The van der Waals surface area contributed by atoms with E-state index in [0.29, 0.717) is 6.29 Å². The summed E-state index contributed by atoms with van der Waals surface area (Å²) in [5, 5.41) is 2.51. The maximum absolute atomic E-state index is 11.5. The van der Waals surface area contributed by atoms with Gasteiger partial charge in [-0.2, -0.15) is 0 Å². The Morgan fingerprint density at radius 2 is 1.88 bits per heavy atom. The molecule has 0 aliphatic heterocycles. The highest BCUT2D eigenvalue weighted by Crippen LogP contribution is 2.12. The second-order valence-electron chi connectivity index (χ2n) is 4.67. The van der Waals surface area contributed by atoms with Crippen molar-refractivity contribution >= 4 is 12.4 Å². The van der Waals surface area contributed by atoms with Gasteiger partial charge in [0, 0.05) is 0 Å². The van der Waals surface area contributed by atoms with Crippen LogP contribution in [0.2, 0.25) is 0 Å². The number of hydrogen-bond donors (Lipinski definition) is 1. The van der Waals surface area contributed by atoms with Crippen LogP contribution >= 0.6 is 0 Å². The van der Waals surface area contributed by atoms with Crippen molar-refractivity contribution in [2.45, 2.75) is 32.4 Å². The average molecular weight is 235 g/mol. The summed E-state index contributed by atoms with van der Waals surface area (Å²) in [4.78, 5) is 22.4. The van der Waals surface area contributed by atoms with Gasteiger partial charge in [-0.1, -0.05) is 30.3 Å². The van der Waals surface area contributed by atoms with Crippen LogP contribution in [0.5, 0.6) is 0 Å². The summed E-state index contributed by atoms with van der Waals surface area (Å²) >= 11 is 0. The van der Waals surface area contributed by atoms with Gasteiger partial charge in [-0.15, -0.1) is 0 Å². The van der Waals surface area contributed by atoms with Gasteiger partial charge in [0.15, 0.2) is 0 Å². The Hall–Kier alpha value is -1.84. The van der Waals surface area contributed by atoms with Gasteiger partial charge in [-0.3, -0.25) is 0 Å². The Labute approximate surface area is 101 Å². The molecule has 1 rings (SSSR count). The van der Waals surface area contributed by atoms with E-state index in [2.05, 4.69) is 5.32 Å². The minimum absolute atomic E-state index is 0.575. The lowest BCUT2D eigenvalue weighted by atomic mass is 10.1. The molecule has 1 amide bonds. The van der Waals surface area contributed by atoms with Gasteiger partial charge in [0.1, 0.15) is 17.9 Å². The fourth-order valence-corrected chi connectivity index (χ4v) is 1.29. The van der Waals surface area contributed by atoms with Crippen molar-refractivity contribution in [3.8, 4) is 0 Å². The fraction of sp³-hybridized carbons (Fsp3) is 0.385. The number of carbonyl (C=O) groups is 2. The highest BCUT2D eigenvalue weighted by molar-refractivity contribution is 5.74. The molecule has 0 radical (unpaired) electrons. The molecule has 0 aliphatic rings. The molecule has 1 aromatic rings. The Kier molecular flexibility index (Phi) is 4.26. The topological polar surface area (TPSA) is 55.4 Å². The highest BCUT2D eigenvalue weighted by atomic mass is 16.6. The number of carbonyl (C=O) groups excluding carboxylic acids is 2. The molecule has 1 atom stereocenters. The van der Waals surface area contributed by atoms with E-state index in [1.807, 2.05) is 18.2 Å². The van der Waals surface area contributed by atoms with E-state index in [9.17, 15) is 9.59 Å². The number of hydrogen-bond acceptors (Lipinski definition) is 3. The van der Waals surface area contributed by atoms with Crippen molar-refractivity contribution in [3.05, 3.63) is 35.9 Å². The molecule has 0 bridgehead atoms. The van der Waals surface area contributed by atoms with Crippen molar-refractivity contribution in [1.29, 1.82) is 0 Å². The number of aldehydes is 1. The molecule has 1 aromatic carbocycles. The monoisotopic (exact) mass is 235 g/mol. The van der Waals surface area contributed by atoms with Gasteiger partial charge in [-0.25, -0.2) is 4.79 Å². The molecule has 0 aromatic heterocycles. The molecule has 92 valence electrons. The van der Waals surface area contributed by atoms with Crippen molar-refractivity contribution in [2.75, 3.05) is 0 Å². The molecule has 0 saturated heterocycles. The summed E-state index contributed by atoms with van der Waals surface area (Å²) in [6.45, 7) is 5.31. The molecule has 0 aliphatic carbocycles. The van der Waals surface area contributed by atoms with Crippen LogP contribution in [0.3, 0.4) is 0 Å². The number of alkyl carbamates (subject to hydrolysis) is 1. The number of ether oxygens (including phenoxy) is 1. The first-order chi connectivity index (χ1) is 7.92. The second-order valence-corrected chi connectivity index (χ2v) is 4.67. The largest absolute Gasteiger partial charge is 0.444 e. The summed E-state index contributed by atoms with van der Waals surface area (Å²) in [5.74, 6) is 0. The Morgan fingerprint density at radius 1 is 1.29 bits per heavy atom. The number of nitrogens with one attached hydrogen (secondary N) is 1. The molecule has 4 heteroatoms. The molecule has 17 heavy (non-hydrogen) atoms. The summed E-state index contributed by atoms with van der Waals surface area (Å²) < 4.78 is 5.08. The van der Waals surface area contributed by atoms with Crippen LogP contribution in [0.25, 0.3) is 0 Å². The van der Waals surface area contributed by atoms with Gasteiger partial charge in [0.2, 0.25) is 0 Å². The van der Waals surface area contributed by atoms with Crippen LogP contribution in [-0.4, -0.2) is 18.0 Å². The van der Waals surface area contributed by atoms with E-state index in [0.717, 1.165) is 5.56 Å². The van der Waals surface area contributed by atoms with Crippen molar-refractivity contribution in [1.82, 2.24) is 5.32 Å². The Bertz CT molecular complexity index is 381. The van der Waals surface area contributed by atoms with E-state index < -0.39 is 17.7 Å². The normalized spacial score (nSPS) is 12.6. The maximum atomic E-state index is 11.5. The van der Waals surface area contributed by atoms with Crippen LogP contribution in [-0.2, 0) is 9.53 Å². The zero-order valence-electron chi connectivity index (χ0n) is 10.3. The second kappa shape index (κ2) is 5.48. The highest BCUT2D eigenvalue weighted by Gasteiger charge is 2.19. The molecule has 0 spiro atoms. The zero-order chi connectivity index (χ0) is 12.9. The van der Waals surface area contributed by atoms with Crippen LogP contribution in [0.1, 0.15) is 32.4 Å². The van der Waals surface area contributed by atoms with Crippen LogP contribution in [0.4, 0.5) is 4.79 Å². The lowest BCUT2D eigenvalue weighted by molar-refractivity contribution is -0.109. The minimum Gasteiger partial charge on any atom is -0.444 e. The van der Waals surface area contributed by atoms with E-state index in [4.69, 9.17) is 4.74 Å².